The third-order valence-electron chi connectivity index (χ3n) is 8.21. The van der Waals surface area contributed by atoms with Crippen molar-refractivity contribution in [2.75, 3.05) is 26.2 Å². The number of hydrogen-bond donors (Lipinski definition) is 0. The van der Waals surface area contributed by atoms with E-state index < -0.39 is 48.3 Å². The number of nitrogens with zero attached hydrogens (tertiary/aromatic N) is 2. The van der Waals surface area contributed by atoms with Crippen LogP contribution in [-0.2, 0) is 32.3 Å². The van der Waals surface area contributed by atoms with E-state index in [9.17, 15) is 32.3 Å². The molecule has 8 nitrogen and oxygen atoms in total. The van der Waals surface area contributed by atoms with Crippen molar-refractivity contribution < 1.29 is 41.8 Å². The number of benzene rings is 2. The van der Waals surface area contributed by atoms with Gasteiger partial charge in [-0.3, -0.25) is 9.59 Å². The zero-order valence-electron chi connectivity index (χ0n) is 22.3. The van der Waals surface area contributed by atoms with Gasteiger partial charge in [-0.2, -0.15) is 8.78 Å². The molecule has 0 N–H and O–H groups in total. The van der Waals surface area contributed by atoms with Gasteiger partial charge in [0.1, 0.15) is 13.2 Å². The first-order valence-electron chi connectivity index (χ1n) is 13.6. The Balaban J connectivity index is 0.000000189. The molecule has 226 valence electrons. The summed E-state index contributed by atoms with van der Waals surface area (Å²) in [4.78, 5) is 49.8. The average Bonchev–Trinajstić information content (AvgIpc) is 3.69. The summed E-state index contributed by atoms with van der Waals surface area (Å²) in [6.07, 6.45) is -2.53. The Hall–Kier alpha value is -3.89. The first-order chi connectivity index (χ1) is 19.6. The Morgan fingerprint density at radius 3 is 1.71 bits per heavy atom. The highest BCUT2D eigenvalue weighted by Gasteiger charge is 2.58. The van der Waals surface area contributed by atoms with Gasteiger partial charge in [-0.05, 0) is 29.4 Å². The lowest BCUT2D eigenvalue weighted by molar-refractivity contribution is -0.141. The minimum atomic E-state index is -3.23. The molecule has 0 bridgehead atoms. The zero-order chi connectivity index (χ0) is 29.1. The van der Waals surface area contributed by atoms with Crippen LogP contribution in [0.25, 0.3) is 0 Å². The molecular weight excluding hydrogens is 553 g/mol. The number of alkyl halides is 3. The van der Waals surface area contributed by atoms with Crippen LogP contribution in [-0.4, -0.2) is 71.8 Å². The van der Waals surface area contributed by atoms with Crippen LogP contribution in [0.15, 0.2) is 60.7 Å². The SMILES string of the molecule is C.O=C(OCc1ccccc1)N1C[C@@H]2CC(F)(F)C(=O)[C@@H]2C1.O=C1[C@@H](F)C[C@H]2CN(C(=O)OCc3ccccc3)C[C@@H]12. The predicted octanol–water partition coefficient (Wildman–Crippen LogP) is 5.30. The Morgan fingerprint density at radius 2 is 1.24 bits per heavy atom. The van der Waals surface area contributed by atoms with E-state index in [2.05, 4.69) is 0 Å². The molecule has 0 spiro atoms. The highest BCUT2D eigenvalue weighted by molar-refractivity contribution is 5.91. The maximum Gasteiger partial charge on any atom is 0.410 e. The number of likely N-dealkylation sites (tertiary alicyclic amines) is 2. The van der Waals surface area contributed by atoms with Crippen LogP contribution in [0.3, 0.4) is 0 Å². The molecule has 4 fully saturated rings. The highest BCUT2D eigenvalue weighted by atomic mass is 19.3. The van der Waals surface area contributed by atoms with Crippen molar-refractivity contribution >= 4 is 23.8 Å². The first-order valence-corrected chi connectivity index (χ1v) is 13.6. The molecular formula is C31H35F3N2O6. The van der Waals surface area contributed by atoms with Crippen LogP contribution < -0.4 is 0 Å². The summed E-state index contributed by atoms with van der Waals surface area (Å²) in [7, 11) is 0. The molecule has 42 heavy (non-hydrogen) atoms. The minimum Gasteiger partial charge on any atom is -0.445 e. The van der Waals surface area contributed by atoms with Crippen LogP contribution in [0.5, 0.6) is 0 Å². The fourth-order valence-corrected chi connectivity index (χ4v) is 6.04. The van der Waals surface area contributed by atoms with E-state index in [0.29, 0.717) is 6.54 Å². The predicted molar refractivity (Wildman–Crippen MR) is 146 cm³/mol. The number of amides is 2. The Morgan fingerprint density at radius 1 is 0.762 bits per heavy atom. The van der Waals surface area contributed by atoms with Crippen molar-refractivity contribution in [3.8, 4) is 0 Å². The lowest BCUT2D eigenvalue weighted by Crippen LogP contribution is -2.34. The molecule has 11 heteroatoms. The standard InChI is InChI=1S/C15H15F2NO3.C15H16FNO3.CH4/c16-15(17)6-11-7-18(8-12(11)13(15)19)14(20)21-9-10-4-2-1-3-5-10;16-13-6-11-7-17(8-12(11)14(13)18)15(19)20-9-10-4-2-1-3-5-10;/h1-5,11-12H,6-9H2;1-5,11-13H,6-9H2;1H4/t11-,12+;11-,12+,13-;/m00./s1. The van der Waals surface area contributed by atoms with E-state index in [0.717, 1.165) is 11.1 Å². The van der Waals surface area contributed by atoms with Crippen molar-refractivity contribution in [3.05, 3.63) is 71.8 Å². The second-order valence-corrected chi connectivity index (χ2v) is 11.0. The third kappa shape index (κ3) is 6.77. The number of carbonyl (C=O) groups is 4. The van der Waals surface area contributed by atoms with E-state index in [-0.39, 0.29) is 64.3 Å². The van der Waals surface area contributed by atoms with E-state index in [4.69, 9.17) is 9.47 Å². The molecule has 0 aromatic heterocycles. The van der Waals surface area contributed by atoms with Gasteiger partial charge < -0.3 is 19.3 Å². The maximum absolute atomic E-state index is 13.3. The summed E-state index contributed by atoms with van der Waals surface area (Å²) in [6, 6.07) is 18.6. The topological polar surface area (TPSA) is 93.2 Å². The van der Waals surface area contributed by atoms with E-state index in [1.165, 1.54) is 9.80 Å². The molecule has 2 amide bonds. The normalized spacial score (nSPS) is 27.0. The minimum absolute atomic E-state index is 0. The van der Waals surface area contributed by atoms with Gasteiger partial charge in [-0.15, -0.1) is 0 Å². The Kier molecular flexibility index (Phi) is 9.58. The number of hydrogen-bond acceptors (Lipinski definition) is 6. The molecule has 2 aliphatic carbocycles. The zero-order valence-corrected chi connectivity index (χ0v) is 22.3. The fourth-order valence-electron chi connectivity index (χ4n) is 6.04. The average molecular weight is 589 g/mol. The summed E-state index contributed by atoms with van der Waals surface area (Å²) in [6.45, 7) is 1.26. The maximum atomic E-state index is 13.3. The smallest absolute Gasteiger partial charge is 0.410 e. The van der Waals surface area contributed by atoms with Gasteiger partial charge in [-0.1, -0.05) is 68.1 Å². The molecule has 2 saturated heterocycles. The molecule has 0 radical (unpaired) electrons. The van der Waals surface area contributed by atoms with Crippen LogP contribution in [0.1, 0.15) is 31.4 Å². The molecule has 2 aliphatic heterocycles. The fraction of sp³-hybridized carbons (Fsp3) is 0.484. The second-order valence-electron chi connectivity index (χ2n) is 11.0. The van der Waals surface area contributed by atoms with Gasteiger partial charge in [0.2, 0.25) is 5.78 Å². The second kappa shape index (κ2) is 13.0. The van der Waals surface area contributed by atoms with E-state index in [1.807, 2.05) is 60.7 Å². The molecule has 5 atom stereocenters. The molecule has 6 rings (SSSR count). The Labute approximate surface area is 242 Å². The first kappa shape index (κ1) is 31.1. The quantitative estimate of drug-likeness (QED) is 0.482. The number of ether oxygens (including phenoxy) is 2. The molecule has 4 aliphatic rings. The van der Waals surface area contributed by atoms with Crippen LogP contribution in [0.2, 0.25) is 0 Å². The molecule has 2 aromatic carbocycles. The van der Waals surface area contributed by atoms with Crippen molar-refractivity contribution in [2.24, 2.45) is 23.7 Å². The highest BCUT2D eigenvalue weighted by Crippen LogP contribution is 2.44. The summed E-state index contributed by atoms with van der Waals surface area (Å²) in [5.41, 5.74) is 1.77. The van der Waals surface area contributed by atoms with Gasteiger partial charge in [0.25, 0.3) is 0 Å². The van der Waals surface area contributed by atoms with Crippen molar-refractivity contribution in [3.63, 3.8) is 0 Å². The van der Waals surface area contributed by atoms with Crippen molar-refractivity contribution in [2.45, 2.75) is 45.6 Å². The molecule has 2 aromatic rings. The number of rotatable bonds is 4. The number of fused-ring (bicyclic) bond motifs is 2. The van der Waals surface area contributed by atoms with Gasteiger partial charge in [0.15, 0.2) is 12.0 Å². The van der Waals surface area contributed by atoms with Crippen LogP contribution >= 0.6 is 0 Å². The van der Waals surface area contributed by atoms with E-state index >= 15 is 0 Å². The van der Waals surface area contributed by atoms with Gasteiger partial charge in [0, 0.05) is 44.4 Å². The summed E-state index contributed by atoms with van der Waals surface area (Å²) >= 11 is 0. The Bertz CT molecular complexity index is 1280. The van der Waals surface area contributed by atoms with Gasteiger partial charge >= 0.3 is 18.1 Å². The number of halogens is 3. The number of Topliss-reactive ketones (excluding diaryl/α,β-unsaturated/α-hetero) is 2. The van der Waals surface area contributed by atoms with Crippen molar-refractivity contribution in [1.82, 2.24) is 9.80 Å². The number of carbonyl (C=O) groups excluding carboxylic acids is 4. The lowest BCUT2D eigenvalue weighted by atomic mass is 10.0. The lowest BCUT2D eigenvalue weighted by Gasteiger charge is -2.18. The monoisotopic (exact) mass is 588 g/mol. The van der Waals surface area contributed by atoms with E-state index in [1.54, 1.807) is 0 Å². The summed E-state index contributed by atoms with van der Waals surface area (Å²) in [5, 5.41) is 0. The summed E-state index contributed by atoms with van der Waals surface area (Å²) < 4.78 is 50.2. The molecule has 2 saturated carbocycles. The van der Waals surface area contributed by atoms with Crippen LogP contribution in [0.4, 0.5) is 22.8 Å². The van der Waals surface area contributed by atoms with Crippen LogP contribution in [0, 0.1) is 23.7 Å². The van der Waals surface area contributed by atoms with Crippen molar-refractivity contribution in [1.29, 1.82) is 0 Å². The summed E-state index contributed by atoms with van der Waals surface area (Å²) in [5.74, 6) is -6.19. The molecule has 2 heterocycles. The largest absolute Gasteiger partial charge is 0.445 e. The van der Waals surface area contributed by atoms with Gasteiger partial charge in [0.05, 0.1) is 0 Å². The van der Waals surface area contributed by atoms with Gasteiger partial charge in [-0.25, -0.2) is 14.0 Å². The number of ketones is 2. The molecule has 0 unspecified atom stereocenters. The third-order valence-corrected chi connectivity index (χ3v) is 8.21.